The summed E-state index contributed by atoms with van der Waals surface area (Å²) in [6.45, 7) is 18.7. The van der Waals surface area contributed by atoms with Crippen molar-refractivity contribution >= 4 is 92.2 Å². The van der Waals surface area contributed by atoms with Crippen molar-refractivity contribution in [2.24, 2.45) is 41.2 Å². The van der Waals surface area contributed by atoms with E-state index in [4.69, 9.17) is 48.3 Å². The van der Waals surface area contributed by atoms with Gasteiger partial charge in [0.1, 0.15) is 52.6 Å². The Hall–Kier alpha value is -11.1. The average molecular weight is 1630 g/mol. The molecule has 0 radical (unpaired) electrons. The van der Waals surface area contributed by atoms with Crippen molar-refractivity contribution in [2.75, 3.05) is 57.6 Å². The van der Waals surface area contributed by atoms with Crippen LogP contribution in [0.5, 0.6) is 17.2 Å². The largest absolute Gasteiger partial charge is 0.507 e. The first-order valence-electron chi connectivity index (χ1n) is 40.4. The lowest BCUT2D eigenvalue weighted by molar-refractivity contribution is -0.293. The van der Waals surface area contributed by atoms with Crippen molar-refractivity contribution in [2.45, 2.75) is 195 Å². The third-order valence-electron chi connectivity index (χ3n) is 23.3. The molecule has 29 heteroatoms. The van der Waals surface area contributed by atoms with Crippen molar-refractivity contribution in [3.63, 3.8) is 0 Å². The average Bonchev–Trinajstić information content (AvgIpc) is 1.39. The second kappa shape index (κ2) is 38.1. The number of carbonyl (C=O) groups is 10. The molecule has 630 valence electrons. The van der Waals surface area contributed by atoms with Crippen LogP contribution in [0, 0.1) is 42.4 Å². The molecule has 0 saturated carbocycles. The van der Waals surface area contributed by atoms with Crippen LogP contribution in [-0.2, 0) is 86.2 Å². The molecule has 7 N–H and O–H groups in total. The number of Topliss-reactive ketones (excluding diaryl/α,β-unsaturated/α-hetero) is 3. The van der Waals surface area contributed by atoms with E-state index >= 15 is 9.59 Å². The number of phenols is 2. The van der Waals surface area contributed by atoms with Crippen LogP contribution in [0.15, 0.2) is 118 Å². The zero-order valence-corrected chi connectivity index (χ0v) is 69.2. The van der Waals surface area contributed by atoms with E-state index in [0.717, 1.165) is 17.7 Å². The molecule has 1 unspecified atom stereocenters. The number of hydrogen-bond acceptors (Lipinski definition) is 24. The van der Waals surface area contributed by atoms with E-state index in [1.165, 1.54) is 46.3 Å². The molecule has 2 saturated heterocycles. The first-order valence-corrected chi connectivity index (χ1v) is 40.4. The van der Waals surface area contributed by atoms with E-state index < -0.39 is 125 Å². The SMILES string of the molecule is CO[C@H]1/C=C/O[C@@]2(C)Oc3c(C)c(O)c4c(=O)c(c5oc6cc(N7CCC(N(C)C)CC7)cc(O)c6nc-5c4c3C2=O)NC(=O)/C(C)=C\C=C\[C@H](C)[C@@H]2OC(c3ccc(CC(=O)OCc4ccc(CC(=O)[C@H](CCCNC(N)=O)NC(=O)[C@@H](CC(=O)CCCCCN5C(=O)C=CC5=O)C(C)C)cc4)cc3)O[C@@H]([C@@H](C)[C@H](OC(C)=O)[C@@H]1C)[C@@H]2C. The number of piperidine rings is 1. The third-order valence-corrected chi connectivity index (χ3v) is 23.3. The number of ketones is 3. The Morgan fingerprint density at radius 2 is 1.49 bits per heavy atom. The molecule has 29 nitrogen and oxygen atoms in total. The Labute approximate surface area is 685 Å². The molecule has 118 heavy (non-hydrogen) atoms. The number of anilines is 2. The van der Waals surface area contributed by atoms with Crippen molar-refractivity contribution in [3.05, 3.63) is 153 Å². The number of allylic oxidation sites excluding steroid dienone is 2. The molecule has 2 fully saturated rings. The number of amides is 6. The van der Waals surface area contributed by atoms with E-state index in [1.807, 2.05) is 61.7 Å². The molecule has 7 heterocycles. The highest BCUT2D eigenvalue weighted by Crippen LogP contribution is 2.52. The number of fused-ring (bicyclic) bond motifs is 10. The van der Waals surface area contributed by atoms with Gasteiger partial charge in [-0.3, -0.25) is 52.8 Å². The molecule has 0 spiro atoms. The monoisotopic (exact) mass is 1620 g/mol. The standard InChI is InChI=1S/C89H108N8O21/c1-47(2)62(45-61(99)21-15-14-16-37-97-68(102)31-32-69(97)103)86(109)92-63(22-18-36-91-88(90)110)64(100)41-55-23-25-57(26-24-55)46-112-70(104)42-56-27-29-58(30-28-56)87-116-79-48(3)19-17-20-49(4)85(108)94-76-78(106)72-71(75-83(76)115-67-44-60(43-65(101)74(67)93-75)96-38-33-59(34-39-96)95(11)12)73-82(51(6)77(72)105)118-89(10,84(73)107)113-40-35-66(111-13)50(5)80(114-54(9)98)53(8)81(117-87)52(79)7/h17,19-20,23-32,35,40,43-44,47-48,50,52-53,59,62-63,66,79-81,87,101,105H,14-16,18,21-22,33-34,36-39,41-42,45-46H2,1-13H3,(H,92,109)(H,94,108)(H3,90,91,110)/b19-17+,40-35+,49-20-/t48-,50+,52+,53-,62-,63-,66-,79-,80+,81+,87?,89-/m0/s1. The molecule has 6 amide bonds. The second-order valence-electron chi connectivity index (χ2n) is 32.4. The topological polar surface area (TPSA) is 391 Å². The Morgan fingerprint density at radius 3 is 2.15 bits per heavy atom. The number of aromatic hydroxyl groups is 2. The number of hydrogen-bond donors (Lipinski definition) is 6. The van der Waals surface area contributed by atoms with E-state index in [1.54, 1.807) is 85.8 Å². The van der Waals surface area contributed by atoms with Crippen LogP contribution in [0.2, 0.25) is 0 Å². The van der Waals surface area contributed by atoms with Crippen LogP contribution in [-0.4, -0.2) is 174 Å². The Bertz CT molecular complexity index is 4940. The lowest BCUT2D eigenvalue weighted by Crippen LogP contribution is -2.51. The van der Waals surface area contributed by atoms with Crippen LogP contribution in [0.1, 0.15) is 165 Å². The molecule has 4 aromatic rings. The number of imide groups is 1. The predicted octanol–water partition coefficient (Wildman–Crippen LogP) is 11.0. The number of carbonyl (C=O) groups excluding carboxylic acids is 10. The summed E-state index contributed by atoms with van der Waals surface area (Å²) in [4.78, 5) is 159. The van der Waals surface area contributed by atoms with Crippen molar-refractivity contribution in [1.82, 2.24) is 25.4 Å². The molecule has 4 aromatic carbocycles. The summed E-state index contributed by atoms with van der Waals surface area (Å²) in [6.07, 6.45) is 10.2. The number of nitrogens with one attached hydrogen (secondary N) is 3. The quantitative estimate of drug-likeness (QED) is 0.00917. The number of primary amides is 1. The lowest BCUT2D eigenvalue weighted by atomic mass is 9.77. The number of nitrogens with two attached hydrogens (primary N) is 1. The van der Waals surface area contributed by atoms with Crippen molar-refractivity contribution in [1.29, 1.82) is 0 Å². The zero-order valence-electron chi connectivity index (χ0n) is 69.2. The van der Waals surface area contributed by atoms with Gasteiger partial charge in [0.2, 0.25) is 11.3 Å². The van der Waals surface area contributed by atoms with Crippen LogP contribution in [0.4, 0.5) is 16.2 Å². The van der Waals surface area contributed by atoms with Gasteiger partial charge in [-0.15, -0.1) is 0 Å². The Kier molecular flexibility index (Phi) is 28.3. The predicted molar refractivity (Wildman–Crippen MR) is 438 cm³/mol. The fourth-order valence-corrected chi connectivity index (χ4v) is 16.4. The lowest BCUT2D eigenvalue weighted by Gasteiger charge is -2.47. The van der Waals surface area contributed by atoms with Crippen LogP contribution < -0.4 is 36.7 Å². The zero-order chi connectivity index (χ0) is 85.3. The van der Waals surface area contributed by atoms with E-state index in [0.29, 0.717) is 72.8 Å². The minimum absolute atomic E-state index is 0.00738. The highest BCUT2D eigenvalue weighted by Gasteiger charge is 2.51. The Morgan fingerprint density at radius 1 is 0.822 bits per heavy atom. The molecule has 8 aliphatic rings. The van der Waals surface area contributed by atoms with E-state index in [9.17, 15) is 53.4 Å². The molecule has 12 atom stereocenters. The number of urea groups is 1. The molecule has 12 rings (SSSR count). The van der Waals surface area contributed by atoms with Crippen LogP contribution in [0.25, 0.3) is 33.3 Å². The summed E-state index contributed by atoms with van der Waals surface area (Å²) in [6, 6.07) is 16.0. The van der Waals surface area contributed by atoms with E-state index in [2.05, 4.69) is 25.8 Å². The highest BCUT2D eigenvalue weighted by molar-refractivity contribution is 6.22. The minimum atomic E-state index is -2.14. The van der Waals surface area contributed by atoms with Crippen molar-refractivity contribution < 1.29 is 95.7 Å². The number of rotatable bonds is 27. The van der Waals surface area contributed by atoms with Gasteiger partial charge in [-0.05, 0) is 95.2 Å². The summed E-state index contributed by atoms with van der Waals surface area (Å²) >= 11 is 0. The fourth-order valence-electron chi connectivity index (χ4n) is 16.4. The number of nitrogens with zero attached hydrogens (tertiary/aromatic N) is 4. The van der Waals surface area contributed by atoms with Gasteiger partial charge in [0.05, 0.1) is 48.0 Å². The molecular formula is C89H108N8O21. The molecule has 0 aromatic heterocycles. The maximum Gasteiger partial charge on any atom is 0.312 e. The van der Waals surface area contributed by atoms with Crippen LogP contribution in [0.3, 0.4) is 0 Å². The third kappa shape index (κ3) is 20.0. The maximum absolute atomic E-state index is 15.3. The van der Waals surface area contributed by atoms with Crippen LogP contribution >= 0.6 is 0 Å². The number of unbranched alkanes of at least 4 members (excludes halogenated alkanes) is 2. The number of methoxy groups -OCH3 is 1. The molecule has 7 aliphatic heterocycles. The molecule has 7 bridgehead atoms. The summed E-state index contributed by atoms with van der Waals surface area (Å²) in [5, 5.41) is 31.6. The minimum Gasteiger partial charge on any atom is -0.507 e. The number of aromatic nitrogens is 1. The fraction of sp³-hybridized carbons (Fsp3) is 0.483. The number of phenolic OH excluding ortho intramolecular Hbond substituents is 2. The van der Waals surface area contributed by atoms with Gasteiger partial charge in [-0.25, -0.2) is 9.78 Å². The number of benzene rings is 5. The first-order chi connectivity index (χ1) is 56.1. The van der Waals surface area contributed by atoms with Gasteiger partial charge in [0.25, 0.3) is 23.5 Å². The van der Waals surface area contributed by atoms with Gasteiger partial charge >= 0.3 is 23.8 Å². The number of esters is 2. The normalized spacial score (nSPS) is 24.0. The molecular weight excluding hydrogens is 1520 g/mol. The van der Waals surface area contributed by atoms with Gasteiger partial charge in [-0.2, -0.15) is 0 Å². The second-order valence-corrected chi connectivity index (χ2v) is 32.4. The maximum atomic E-state index is 15.3. The highest BCUT2D eigenvalue weighted by atomic mass is 16.7. The summed E-state index contributed by atoms with van der Waals surface area (Å²) in [5.41, 5.74) is 6.93. The van der Waals surface area contributed by atoms with E-state index in [-0.39, 0.29) is 143 Å². The summed E-state index contributed by atoms with van der Waals surface area (Å²) in [5.74, 6) is -10.5. The van der Waals surface area contributed by atoms with Gasteiger partial charge in [0, 0.05) is 154 Å². The number of ether oxygens (including phenoxy) is 7. The Balaban J connectivity index is 0.797. The molecule has 1 aliphatic carbocycles. The summed E-state index contributed by atoms with van der Waals surface area (Å²) < 4.78 is 51.3. The first kappa shape index (κ1) is 87.7. The van der Waals surface area contributed by atoms with Gasteiger partial charge < -0.3 is 79.3 Å². The van der Waals surface area contributed by atoms with Gasteiger partial charge in [0.15, 0.2) is 23.4 Å². The van der Waals surface area contributed by atoms with Crippen molar-refractivity contribution in [3.8, 4) is 28.7 Å². The summed E-state index contributed by atoms with van der Waals surface area (Å²) in [7, 11) is 5.55. The smallest absolute Gasteiger partial charge is 0.312 e. The van der Waals surface area contributed by atoms with Gasteiger partial charge in [-0.1, -0.05) is 115 Å².